The van der Waals surface area contributed by atoms with Crippen LogP contribution in [0.15, 0.2) is 36.6 Å². The summed E-state index contributed by atoms with van der Waals surface area (Å²) in [6.07, 6.45) is 1.41. The lowest BCUT2D eigenvalue weighted by atomic mass is 10.1. The molecule has 19 heavy (non-hydrogen) atoms. The first kappa shape index (κ1) is 12.9. The topological polar surface area (TPSA) is 81.9 Å². The molecular formula is C12H12N2O5. The molecule has 0 fully saturated rings. The van der Waals surface area contributed by atoms with Crippen LogP contribution < -0.4 is 0 Å². The molecule has 1 aliphatic heterocycles. The molecular weight excluding hydrogens is 252 g/mol. The fourth-order valence-corrected chi connectivity index (χ4v) is 1.69. The molecule has 0 atom stereocenters. The molecule has 0 aromatic heterocycles. The molecule has 0 bridgehead atoms. The van der Waals surface area contributed by atoms with E-state index < -0.39 is 5.09 Å². The van der Waals surface area contributed by atoms with Crippen LogP contribution in [0.2, 0.25) is 0 Å². The van der Waals surface area contributed by atoms with Gasteiger partial charge in [0.15, 0.2) is 6.73 Å². The van der Waals surface area contributed by atoms with Crippen LogP contribution in [-0.2, 0) is 14.4 Å². The highest BCUT2D eigenvalue weighted by molar-refractivity contribution is 6.19. The van der Waals surface area contributed by atoms with E-state index in [9.17, 15) is 14.9 Å². The van der Waals surface area contributed by atoms with Crippen LogP contribution in [-0.4, -0.2) is 35.8 Å². The van der Waals surface area contributed by atoms with E-state index in [-0.39, 0.29) is 25.8 Å². The molecule has 0 unspecified atom stereocenters. The summed E-state index contributed by atoms with van der Waals surface area (Å²) in [6, 6.07) is 9.08. The summed E-state index contributed by atoms with van der Waals surface area (Å²) >= 11 is 0. The van der Waals surface area contributed by atoms with Gasteiger partial charge in [0.25, 0.3) is 11.0 Å². The van der Waals surface area contributed by atoms with Crippen LogP contribution in [0.4, 0.5) is 0 Å². The maximum Gasteiger partial charge on any atom is 0.294 e. The van der Waals surface area contributed by atoms with Crippen LogP contribution >= 0.6 is 0 Å². The third kappa shape index (κ3) is 3.21. The number of benzene rings is 1. The van der Waals surface area contributed by atoms with Crippen molar-refractivity contribution in [2.45, 2.75) is 0 Å². The minimum atomic E-state index is -0.886. The molecule has 0 saturated carbocycles. The highest BCUT2D eigenvalue weighted by Crippen LogP contribution is 2.20. The molecule has 1 aromatic rings. The highest BCUT2D eigenvalue weighted by atomic mass is 16.9. The zero-order valence-corrected chi connectivity index (χ0v) is 10.0. The van der Waals surface area contributed by atoms with Crippen molar-refractivity contribution >= 4 is 11.5 Å². The second-order valence-corrected chi connectivity index (χ2v) is 3.82. The third-order valence-corrected chi connectivity index (χ3v) is 2.59. The Morgan fingerprint density at radius 2 is 2.11 bits per heavy atom. The van der Waals surface area contributed by atoms with Gasteiger partial charge in [-0.2, -0.15) is 0 Å². The summed E-state index contributed by atoms with van der Waals surface area (Å²) < 4.78 is 5.19. The summed E-state index contributed by atoms with van der Waals surface area (Å²) in [6.45, 7) is -0.00953. The van der Waals surface area contributed by atoms with E-state index in [1.807, 2.05) is 18.2 Å². The molecule has 0 N–H and O–H groups in total. The summed E-state index contributed by atoms with van der Waals surface area (Å²) in [7, 11) is 0. The molecule has 1 aromatic carbocycles. The van der Waals surface area contributed by atoms with Gasteiger partial charge in [-0.1, -0.05) is 30.3 Å². The van der Waals surface area contributed by atoms with E-state index in [0.717, 1.165) is 5.56 Å². The summed E-state index contributed by atoms with van der Waals surface area (Å²) in [5, 5.41) is 9.16. The maximum absolute atomic E-state index is 12.2. The number of ether oxygens (including phenoxy) is 1. The number of amides is 1. The van der Waals surface area contributed by atoms with Gasteiger partial charge in [0, 0.05) is 6.54 Å². The van der Waals surface area contributed by atoms with Gasteiger partial charge < -0.3 is 14.5 Å². The maximum atomic E-state index is 12.2. The van der Waals surface area contributed by atoms with Crippen LogP contribution in [0, 0.1) is 10.1 Å². The average molecular weight is 264 g/mol. The zero-order chi connectivity index (χ0) is 13.7. The highest BCUT2D eigenvalue weighted by Gasteiger charge is 2.24. The van der Waals surface area contributed by atoms with Crippen molar-refractivity contribution < 1.29 is 19.5 Å². The molecule has 2 rings (SSSR count). The number of carbonyl (C=O) groups is 1. The van der Waals surface area contributed by atoms with Gasteiger partial charge in [0.05, 0.1) is 11.8 Å². The van der Waals surface area contributed by atoms with E-state index in [1.165, 1.54) is 11.2 Å². The smallest absolute Gasteiger partial charge is 0.294 e. The van der Waals surface area contributed by atoms with Crippen molar-refractivity contribution in [3.63, 3.8) is 0 Å². The predicted octanol–water partition coefficient (Wildman–Crippen LogP) is 1.05. The normalized spacial score (nSPS) is 14.6. The molecule has 0 spiro atoms. The van der Waals surface area contributed by atoms with Gasteiger partial charge in [-0.3, -0.25) is 4.79 Å². The number of hydrogen-bond acceptors (Lipinski definition) is 5. The van der Waals surface area contributed by atoms with Crippen LogP contribution in [0.1, 0.15) is 5.56 Å². The quantitative estimate of drug-likeness (QED) is 0.586. The second kappa shape index (κ2) is 5.85. The molecule has 7 heteroatoms. The number of hydrogen-bond donors (Lipinski definition) is 0. The van der Waals surface area contributed by atoms with Gasteiger partial charge in [-0.15, -0.1) is 10.1 Å². The fraction of sp³-hybridized carbons (Fsp3) is 0.250. The van der Waals surface area contributed by atoms with Crippen LogP contribution in [0.5, 0.6) is 0 Å². The Bertz CT molecular complexity index is 500. The summed E-state index contributed by atoms with van der Waals surface area (Å²) in [5.74, 6) is -0.232. The van der Waals surface area contributed by atoms with Gasteiger partial charge in [0.1, 0.15) is 6.61 Å². The first-order chi connectivity index (χ1) is 9.18. The Morgan fingerprint density at radius 1 is 1.37 bits per heavy atom. The zero-order valence-electron chi connectivity index (χ0n) is 10.0. The van der Waals surface area contributed by atoms with Gasteiger partial charge >= 0.3 is 0 Å². The van der Waals surface area contributed by atoms with Gasteiger partial charge in [-0.25, -0.2) is 0 Å². The fourth-order valence-electron chi connectivity index (χ4n) is 1.69. The lowest BCUT2D eigenvalue weighted by Crippen LogP contribution is -2.38. The summed E-state index contributed by atoms with van der Waals surface area (Å²) in [4.78, 5) is 27.7. The van der Waals surface area contributed by atoms with Crippen molar-refractivity contribution in [1.82, 2.24) is 4.90 Å². The molecule has 1 amide bonds. The second-order valence-electron chi connectivity index (χ2n) is 3.82. The predicted molar refractivity (Wildman–Crippen MR) is 65.0 cm³/mol. The lowest BCUT2D eigenvalue weighted by Gasteiger charge is -2.26. The first-order valence-electron chi connectivity index (χ1n) is 5.62. The molecule has 0 radical (unpaired) electrons. The van der Waals surface area contributed by atoms with Crippen LogP contribution in [0.3, 0.4) is 0 Å². The Labute approximate surface area is 109 Å². The van der Waals surface area contributed by atoms with Crippen molar-refractivity contribution in [3.8, 4) is 0 Å². The lowest BCUT2D eigenvalue weighted by molar-refractivity contribution is -0.757. The van der Waals surface area contributed by atoms with Crippen molar-refractivity contribution in [1.29, 1.82) is 0 Å². The minimum absolute atomic E-state index is 0.0657. The standard InChI is InChI=1S/C12H12N2O5/c15-12-11(10-4-2-1-3-5-10)8-18-9-13(12)6-7-19-14(16)17/h1-5,8H,6-7,9H2. The Kier molecular flexibility index (Phi) is 3.97. The van der Waals surface area contributed by atoms with E-state index >= 15 is 0 Å². The molecule has 1 aliphatic rings. The third-order valence-electron chi connectivity index (χ3n) is 2.59. The van der Waals surface area contributed by atoms with Gasteiger partial charge in [-0.05, 0) is 5.56 Å². The number of rotatable bonds is 5. The summed E-state index contributed by atoms with van der Waals surface area (Å²) in [5.41, 5.74) is 1.17. The van der Waals surface area contributed by atoms with Crippen molar-refractivity contribution in [2.75, 3.05) is 19.9 Å². The molecule has 0 saturated heterocycles. The Balaban J connectivity index is 2.02. The molecule has 100 valence electrons. The number of carbonyl (C=O) groups excluding carboxylic acids is 1. The van der Waals surface area contributed by atoms with E-state index in [1.54, 1.807) is 12.1 Å². The number of nitrogens with zero attached hydrogens (tertiary/aromatic N) is 2. The van der Waals surface area contributed by atoms with Crippen LogP contribution in [0.25, 0.3) is 5.57 Å². The van der Waals surface area contributed by atoms with Crippen molar-refractivity contribution in [2.24, 2.45) is 0 Å². The molecule has 1 heterocycles. The Morgan fingerprint density at radius 3 is 2.79 bits per heavy atom. The first-order valence-corrected chi connectivity index (χ1v) is 5.62. The Hall–Kier alpha value is -2.57. The van der Waals surface area contributed by atoms with Gasteiger partial charge in [0.2, 0.25) is 0 Å². The largest absolute Gasteiger partial charge is 0.480 e. The average Bonchev–Trinajstić information content (AvgIpc) is 2.41. The SMILES string of the molecule is O=C1C(c2ccccc2)=COCN1CCO[N+](=O)[O-]. The molecule has 7 nitrogen and oxygen atoms in total. The minimum Gasteiger partial charge on any atom is -0.480 e. The van der Waals surface area contributed by atoms with E-state index in [4.69, 9.17) is 4.74 Å². The van der Waals surface area contributed by atoms with E-state index in [2.05, 4.69) is 4.84 Å². The monoisotopic (exact) mass is 264 g/mol. The van der Waals surface area contributed by atoms with Crippen molar-refractivity contribution in [3.05, 3.63) is 52.3 Å². The van der Waals surface area contributed by atoms with E-state index in [0.29, 0.717) is 5.57 Å². The molecule has 0 aliphatic carbocycles.